The lowest BCUT2D eigenvalue weighted by molar-refractivity contribution is -0.870. The zero-order valence-electron chi connectivity index (χ0n) is 69.6. The minimum atomic E-state index is -1.63. The van der Waals surface area contributed by atoms with Gasteiger partial charge in [-0.15, -0.1) is 0 Å². The van der Waals surface area contributed by atoms with Crippen LogP contribution in [0.15, 0.2) is 122 Å². The number of carboxylic acid groups (broad SMARTS) is 1. The van der Waals surface area contributed by atoms with Gasteiger partial charge in [0, 0.05) is 12.8 Å². The van der Waals surface area contributed by atoms with Gasteiger partial charge in [0.1, 0.15) is 13.2 Å². The average Bonchev–Trinajstić information content (AvgIpc) is 1.97. The van der Waals surface area contributed by atoms with Crippen LogP contribution in [0.2, 0.25) is 0 Å². The molecule has 0 aliphatic heterocycles. The molecule has 105 heavy (non-hydrogen) atoms. The van der Waals surface area contributed by atoms with E-state index in [1.54, 1.807) is 0 Å². The summed E-state index contributed by atoms with van der Waals surface area (Å²) < 4.78 is 22.9. The average molecular weight is 1470 g/mol. The van der Waals surface area contributed by atoms with E-state index in [1.165, 1.54) is 289 Å². The van der Waals surface area contributed by atoms with Gasteiger partial charge in [-0.1, -0.05) is 411 Å². The van der Waals surface area contributed by atoms with Gasteiger partial charge >= 0.3 is 11.9 Å². The van der Waals surface area contributed by atoms with Crippen molar-refractivity contribution in [3.8, 4) is 0 Å². The Morgan fingerprint density at radius 3 is 0.810 bits per heavy atom. The molecule has 0 saturated carbocycles. The number of hydrogen-bond donors (Lipinski definition) is 0. The quantitative estimate of drug-likeness (QED) is 0.0195. The fraction of sp³-hybridized carbons (Fsp3) is 0.760. The summed E-state index contributed by atoms with van der Waals surface area (Å²) in [5.41, 5.74) is 0. The fourth-order valence-corrected chi connectivity index (χ4v) is 12.9. The monoisotopic (exact) mass is 1460 g/mol. The lowest BCUT2D eigenvalue weighted by Crippen LogP contribution is -2.44. The van der Waals surface area contributed by atoms with Crippen LogP contribution in [-0.2, 0) is 33.3 Å². The van der Waals surface area contributed by atoms with E-state index in [0.717, 1.165) is 89.9 Å². The number of rotatable bonds is 83. The number of nitrogens with zero attached hydrogens (tertiary/aromatic N) is 1. The molecule has 2 atom stereocenters. The second-order valence-corrected chi connectivity index (χ2v) is 31.2. The Balaban J connectivity index is 3.94. The maximum Gasteiger partial charge on any atom is 0.306 e. The molecule has 0 rings (SSSR count). The smallest absolute Gasteiger partial charge is 0.306 e. The first-order valence-corrected chi connectivity index (χ1v) is 44.7. The Bertz CT molecular complexity index is 2160. The van der Waals surface area contributed by atoms with Crippen LogP contribution >= 0.6 is 0 Å². The van der Waals surface area contributed by atoms with E-state index in [9.17, 15) is 19.5 Å². The number of carboxylic acids is 1. The highest BCUT2D eigenvalue weighted by molar-refractivity contribution is 5.70. The first-order valence-electron chi connectivity index (χ1n) is 44.7. The van der Waals surface area contributed by atoms with Crippen molar-refractivity contribution >= 4 is 17.9 Å². The molecule has 0 aliphatic rings. The van der Waals surface area contributed by atoms with Crippen molar-refractivity contribution in [2.75, 3.05) is 47.5 Å². The standard InChI is InChI=1S/C96H169NO8/c1-6-8-10-12-14-16-18-20-22-24-26-28-30-32-34-36-38-40-42-44-46-47-49-50-52-54-56-58-60-62-64-66-68-70-72-74-76-78-80-82-84-86-93(98)103-90-92(91-104-96(95(100)101)102-89-88-97(3,4)5)105-94(99)87-85-83-81-79-77-75-73-71-69-67-65-63-61-59-57-55-53-51-48-45-43-41-39-37-35-33-31-29-27-25-23-21-19-17-15-13-11-9-7-2/h9,11,15,17-18,20-21,23-24,26-27,29-30,32-33,35,39,41,45,48,92,96H,6-8,10,12-14,16,19,22,25,28,31,34,36-38,40,42-44,46-47,49-91H2,1-5H3/b11-9-,17-15-,20-18-,23-21-,26-24-,29-27-,32-30-,35-33-,41-39-,48-45-. The molecule has 606 valence electrons. The summed E-state index contributed by atoms with van der Waals surface area (Å²) in [5.74, 6) is -2.26. The van der Waals surface area contributed by atoms with E-state index in [1.807, 2.05) is 21.1 Å². The van der Waals surface area contributed by atoms with Gasteiger partial charge in [0.05, 0.1) is 40.3 Å². The highest BCUT2D eigenvalue weighted by Gasteiger charge is 2.22. The molecule has 0 fully saturated rings. The molecule has 9 nitrogen and oxygen atoms in total. The lowest BCUT2D eigenvalue weighted by atomic mass is 10.0. The third-order valence-electron chi connectivity index (χ3n) is 19.7. The summed E-state index contributed by atoms with van der Waals surface area (Å²) in [6.45, 7) is 4.67. The van der Waals surface area contributed by atoms with E-state index in [2.05, 4.69) is 135 Å². The van der Waals surface area contributed by atoms with Gasteiger partial charge in [0.15, 0.2) is 12.4 Å². The molecular weight excluding hydrogens is 1300 g/mol. The minimum absolute atomic E-state index is 0.147. The predicted octanol–water partition coefficient (Wildman–Crippen LogP) is 28.0. The Morgan fingerprint density at radius 1 is 0.295 bits per heavy atom. The summed E-state index contributed by atoms with van der Waals surface area (Å²) in [6, 6.07) is 0. The van der Waals surface area contributed by atoms with Gasteiger partial charge < -0.3 is 33.3 Å². The Labute approximate surface area is 650 Å². The van der Waals surface area contributed by atoms with Crippen LogP contribution in [0.5, 0.6) is 0 Å². The van der Waals surface area contributed by atoms with E-state index in [4.69, 9.17) is 18.9 Å². The number of esters is 2. The van der Waals surface area contributed by atoms with Crippen LogP contribution in [0.4, 0.5) is 0 Å². The number of quaternary nitrogens is 1. The van der Waals surface area contributed by atoms with Crippen molar-refractivity contribution in [2.45, 2.75) is 424 Å². The zero-order chi connectivity index (χ0) is 76.0. The van der Waals surface area contributed by atoms with Crippen LogP contribution in [0.1, 0.15) is 412 Å². The summed E-state index contributed by atoms with van der Waals surface area (Å²) >= 11 is 0. The maximum absolute atomic E-state index is 13.0. The first kappa shape index (κ1) is 101. The minimum Gasteiger partial charge on any atom is -0.545 e. The van der Waals surface area contributed by atoms with Gasteiger partial charge in [-0.3, -0.25) is 9.59 Å². The molecule has 0 aliphatic carbocycles. The van der Waals surface area contributed by atoms with Crippen LogP contribution in [0, 0.1) is 0 Å². The predicted molar refractivity (Wildman–Crippen MR) is 453 cm³/mol. The summed E-state index contributed by atoms with van der Waals surface area (Å²) in [4.78, 5) is 37.7. The Hall–Kier alpha value is -4.31. The third-order valence-corrected chi connectivity index (χ3v) is 19.7. The van der Waals surface area contributed by atoms with Crippen molar-refractivity contribution in [3.63, 3.8) is 0 Å². The molecular formula is C96H169NO8. The van der Waals surface area contributed by atoms with Crippen molar-refractivity contribution in [3.05, 3.63) is 122 Å². The van der Waals surface area contributed by atoms with Crippen molar-refractivity contribution < 1.29 is 42.9 Å². The molecule has 0 aromatic rings. The molecule has 0 radical (unpaired) electrons. The number of carbonyl (C=O) groups is 3. The van der Waals surface area contributed by atoms with Crippen LogP contribution in [-0.4, -0.2) is 82.3 Å². The zero-order valence-corrected chi connectivity index (χ0v) is 69.6. The number of carbonyl (C=O) groups excluding carboxylic acids is 3. The van der Waals surface area contributed by atoms with Gasteiger partial charge in [0.2, 0.25) is 0 Å². The fourth-order valence-electron chi connectivity index (χ4n) is 12.9. The summed E-state index contributed by atoms with van der Waals surface area (Å²) in [5, 5.41) is 11.9. The summed E-state index contributed by atoms with van der Waals surface area (Å²) in [7, 11) is 5.95. The number of aliphatic carboxylic acids is 1. The molecule has 0 saturated heterocycles. The van der Waals surface area contributed by atoms with E-state index >= 15 is 0 Å². The van der Waals surface area contributed by atoms with Crippen molar-refractivity contribution in [1.29, 1.82) is 0 Å². The number of likely N-dealkylation sites (N-methyl/N-ethyl adjacent to an activating group) is 1. The van der Waals surface area contributed by atoms with Crippen molar-refractivity contribution in [2.24, 2.45) is 0 Å². The van der Waals surface area contributed by atoms with E-state index in [-0.39, 0.29) is 32.2 Å². The maximum atomic E-state index is 13.0. The number of ether oxygens (including phenoxy) is 4. The Morgan fingerprint density at radius 2 is 0.543 bits per heavy atom. The molecule has 0 spiro atoms. The molecule has 0 heterocycles. The highest BCUT2D eigenvalue weighted by atomic mass is 16.7. The molecule has 0 aromatic carbocycles. The van der Waals surface area contributed by atoms with Gasteiger partial charge in [0.25, 0.3) is 0 Å². The lowest BCUT2D eigenvalue weighted by Gasteiger charge is -2.26. The topological polar surface area (TPSA) is 111 Å². The number of hydrogen-bond acceptors (Lipinski definition) is 8. The molecule has 2 unspecified atom stereocenters. The van der Waals surface area contributed by atoms with Crippen LogP contribution < -0.4 is 5.11 Å². The summed E-state index contributed by atoms with van der Waals surface area (Å²) in [6.07, 6.45) is 119. The highest BCUT2D eigenvalue weighted by Crippen LogP contribution is 2.20. The van der Waals surface area contributed by atoms with Crippen LogP contribution in [0.3, 0.4) is 0 Å². The number of allylic oxidation sites excluding steroid dienone is 20. The largest absolute Gasteiger partial charge is 0.545 e. The molecule has 0 amide bonds. The second-order valence-electron chi connectivity index (χ2n) is 31.2. The molecule has 9 heteroatoms. The molecule has 0 aromatic heterocycles. The van der Waals surface area contributed by atoms with E-state index < -0.39 is 24.3 Å². The van der Waals surface area contributed by atoms with Gasteiger partial charge in [-0.05, 0) is 109 Å². The van der Waals surface area contributed by atoms with Crippen LogP contribution in [0.25, 0.3) is 0 Å². The van der Waals surface area contributed by atoms with Gasteiger partial charge in [-0.25, -0.2) is 0 Å². The molecule has 0 bridgehead atoms. The van der Waals surface area contributed by atoms with E-state index in [0.29, 0.717) is 23.9 Å². The molecule has 0 N–H and O–H groups in total. The number of unbranched alkanes of at least 4 members (excludes halogenated alkanes) is 48. The SMILES string of the molecule is CC/C=C\C/C=C\C/C=C\C/C=C\C/C=C\C/C=C\C/C=C\CCCCCCCCCCCCCCCCCCCC(=O)OC(COC(=O)CCCCCCCCCCCCCCCCCCCCCCCCCCCC/C=C\C/C=C\C/C=C\CCCCCCC)COC(OCC[N+](C)(C)C)C(=O)[O-]. The third kappa shape index (κ3) is 86.8. The Kier molecular flexibility index (Phi) is 81.8. The second kappa shape index (κ2) is 85.3. The normalized spacial score (nSPS) is 13.2. The first-order chi connectivity index (χ1) is 51.6. The van der Waals surface area contributed by atoms with Gasteiger partial charge in [-0.2, -0.15) is 0 Å². The van der Waals surface area contributed by atoms with Crippen molar-refractivity contribution in [1.82, 2.24) is 0 Å².